The van der Waals surface area contributed by atoms with Crippen molar-refractivity contribution in [3.63, 3.8) is 0 Å². The van der Waals surface area contributed by atoms with Crippen LogP contribution in [0.2, 0.25) is 5.28 Å². The largest absolute Gasteiger partial charge is 0.367 e. The van der Waals surface area contributed by atoms with E-state index in [1.807, 2.05) is 10.8 Å². The number of rotatable bonds is 4. The zero-order chi connectivity index (χ0) is 11.4. The van der Waals surface area contributed by atoms with Crippen molar-refractivity contribution < 1.29 is 0 Å². The summed E-state index contributed by atoms with van der Waals surface area (Å²) < 4.78 is 2.77. The van der Waals surface area contributed by atoms with Gasteiger partial charge in [-0.15, -0.1) is 0 Å². The first-order valence-corrected chi connectivity index (χ1v) is 5.80. The smallest absolute Gasteiger partial charge is 0.224 e. The van der Waals surface area contributed by atoms with Crippen LogP contribution in [0.25, 0.3) is 0 Å². The van der Waals surface area contributed by atoms with Gasteiger partial charge in [0, 0.05) is 31.7 Å². The fraction of sp³-hybridized carbons (Fsp3) is 0.222. The molecular weight excluding hydrogens is 293 g/mol. The quantitative estimate of drug-likeness (QED) is 0.880. The highest BCUT2D eigenvalue weighted by Crippen LogP contribution is 2.19. The monoisotopic (exact) mass is 301 g/mol. The van der Waals surface area contributed by atoms with Crippen molar-refractivity contribution in [2.75, 3.05) is 11.9 Å². The van der Waals surface area contributed by atoms with Crippen molar-refractivity contribution in [3.05, 3.63) is 34.7 Å². The third kappa shape index (κ3) is 2.93. The van der Waals surface area contributed by atoms with E-state index in [4.69, 9.17) is 11.6 Å². The fourth-order valence-corrected chi connectivity index (χ4v) is 1.66. The Morgan fingerprint density at radius 3 is 3.12 bits per heavy atom. The molecule has 2 aromatic rings. The van der Waals surface area contributed by atoms with Crippen molar-refractivity contribution >= 4 is 33.3 Å². The van der Waals surface area contributed by atoms with Gasteiger partial charge in [-0.1, -0.05) is 0 Å². The van der Waals surface area contributed by atoms with E-state index in [1.54, 1.807) is 18.7 Å². The molecule has 84 valence electrons. The molecule has 0 fully saturated rings. The van der Waals surface area contributed by atoms with Gasteiger partial charge in [-0.25, -0.2) is 9.97 Å². The zero-order valence-electron chi connectivity index (χ0n) is 8.27. The number of imidazole rings is 1. The summed E-state index contributed by atoms with van der Waals surface area (Å²) in [5.41, 5.74) is 0. The first-order valence-electron chi connectivity index (χ1n) is 4.63. The Balaban J connectivity index is 1.92. The number of halogens is 2. The molecule has 2 aromatic heterocycles. The lowest BCUT2D eigenvalue weighted by Crippen LogP contribution is -2.10. The highest BCUT2D eigenvalue weighted by molar-refractivity contribution is 9.10. The second-order valence-corrected chi connectivity index (χ2v) is 4.26. The molecule has 0 bridgehead atoms. The molecule has 0 saturated carbocycles. The fourth-order valence-electron chi connectivity index (χ4n) is 1.19. The number of hydrogen-bond acceptors (Lipinski definition) is 4. The Labute approximate surface area is 106 Å². The van der Waals surface area contributed by atoms with Gasteiger partial charge in [0.05, 0.1) is 10.8 Å². The van der Waals surface area contributed by atoms with E-state index in [9.17, 15) is 0 Å². The minimum atomic E-state index is 0.230. The standard InChI is InChI=1S/C9H9BrClN5/c10-7-5-14-9(11)15-8(7)13-2-4-16-3-1-12-6-16/h1,3,5-6H,2,4H2,(H,13,14,15). The molecule has 0 atom stereocenters. The summed E-state index contributed by atoms with van der Waals surface area (Å²) in [7, 11) is 0. The molecule has 2 rings (SSSR count). The number of nitrogens with one attached hydrogen (secondary N) is 1. The topological polar surface area (TPSA) is 55.6 Å². The summed E-state index contributed by atoms with van der Waals surface area (Å²) in [6.45, 7) is 1.55. The van der Waals surface area contributed by atoms with Gasteiger partial charge < -0.3 is 9.88 Å². The van der Waals surface area contributed by atoms with Crippen molar-refractivity contribution in [1.29, 1.82) is 0 Å². The second kappa shape index (κ2) is 5.27. The van der Waals surface area contributed by atoms with E-state index in [0.29, 0.717) is 5.82 Å². The van der Waals surface area contributed by atoms with Crippen molar-refractivity contribution in [2.24, 2.45) is 0 Å². The van der Waals surface area contributed by atoms with E-state index in [0.717, 1.165) is 17.6 Å². The number of anilines is 1. The summed E-state index contributed by atoms with van der Waals surface area (Å²) in [6, 6.07) is 0. The molecule has 0 spiro atoms. The van der Waals surface area contributed by atoms with Crippen LogP contribution >= 0.6 is 27.5 Å². The second-order valence-electron chi connectivity index (χ2n) is 3.06. The predicted molar refractivity (Wildman–Crippen MR) is 65.5 cm³/mol. The predicted octanol–water partition coefficient (Wildman–Crippen LogP) is 2.20. The molecule has 0 unspecified atom stereocenters. The van der Waals surface area contributed by atoms with Crippen LogP contribution in [-0.2, 0) is 6.54 Å². The number of nitrogens with zero attached hydrogens (tertiary/aromatic N) is 4. The third-order valence-electron chi connectivity index (χ3n) is 1.94. The highest BCUT2D eigenvalue weighted by atomic mass is 79.9. The number of hydrogen-bond donors (Lipinski definition) is 1. The van der Waals surface area contributed by atoms with E-state index >= 15 is 0 Å². The third-order valence-corrected chi connectivity index (χ3v) is 2.70. The van der Waals surface area contributed by atoms with Gasteiger partial charge in [0.1, 0.15) is 5.82 Å². The summed E-state index contributed by atoms with van der Waals surface area (Å²) >= 11 is 9.04. The van der Waals surface area contributed by atoms with E-state index in [-0.39, 0.29) is 5.28 Å². The molecule has 16 heavy (non-hydrogen) atoms. The van der Waals surface area contributed by atoms with E-state index < -0.39 is 0 Å². The van der Waals surface area contributed by atoms with Gasteiger partial charge >= 0.3 is 0 Å². The highest BCUT2D eigenvalue weighted by Gasteiger charge is 2.02. The molecule has 0 aromatic carbocycles. The van der Waals surface area contributed by atoms with Crippen LogP contribution in [0.3, 0.4) is 0 Å². The van der Waals surface area contributed by atoms with Crippen LogP contribution in [0.15, 0.2) is 29.4 Å². The molecule has 0 aliphatic carbocycles. The lowest BCUT2D eigenvalue weighted by Gasteiger charge is -2.07. The van der Waals surface area contributed by atoms with Crippen LogP contribution in [0.1, 0.15) is 0 Å². The molecule has 0 aliphatic heterocycles. The molecule has 1 N–H and O–H groups in total. The van der Waals surface area contributed by atoms with Crippen molar-refractivity contribution in [2.45, 2.75) is 6.54 Å². The Hall–Kier alpha value is -1.14. The number of aromatic nitrogens is 4. The summed E-state index contributed by atoms with van der Waals surface area (Å²) in [4.78, 5) is 11.9. The lowest BCUT2D eigenvalue weighted by molar-refractivity contribution is 0.725. The first kappa shape index (κ1) is 11.3. The van der Waals surface area contributed by atoms with Gasteiger partial charge in [0.15, 0.2) is 0 Å². The molecule has 0 aliphatic rings. The van der Waals surface area contributed by atoms with Crippen LogP contribution in [0, 0.1) is 0 Å². The summed E-state index contributed by atoms with van der Waals surface area (Å²) in [5.74, 6) is 0.695. The molecule has 5 nitrogen and oxygen atoms in total. The van der Waals surface area contributed by atoms with Crippen LogP contribution in [-0.4, -0.2) is 26.1 Å². The maximum absolute atomic E-state index is 5.70. The molecule has 7 heteroatoms. The molecular formula is C9H9BrClN5. The average Bonchev–Trinajstić information content (AvgIpc) is 2.76. The van der Waals surface area contributed by atoms with Crippen LogP contribution in [0.5, 0.6) is 0 Å². The molecule has 0 amide bonds. The molecule has 2 heterocycles. The summed E-state index contributed by atoms with van der Waals surface area (Å²) in [5, 5.41) is 3.39. The lowest BCUT2D eigenvalue weighted by atomic mass is 10.5. The van der Waals surface area contributed by atoms with Gasteiger partial charge in [0.25, 0.3) is 0 Å². The minimum absolute atomic E-state index is 0.230. The maximum atomic E-state index is 5.70. The Morgan fingerprint density at radius 1 is 1.50 bits per heavy atom. The minimum Gasteiger partial charge on any atom is -0.367 e. The molecule has 0 radical (unpaired) electrons. The van der Waals surface area contributed by atoms with Gasteiger partial charge in [-0.3, -0.25) is 0 Å². The van der Waals surface area contributed by atoms with Crippen LogP contribution < -0.4 is 5.32 Å². The maximum Gasteiger partial charge on any atom is 0.224 e. The summed E-state index contributed by atoms with van der Waals surface area (Å²) in [6.07, 6.45) is 7.04. The Morgan fingerprint density at radius 2 is 2.38 bits per heavy atom. The Bertz CT molecular complexity index is 459. The van der Waals surface area contributed by atoms with E-state index in [2.05, 4.69) is 36.2 Å². The van der Waals surface area contributed by atoms with Crippen molar-refractivity contribution in [3.8, 4) is 0 Å². The van der Waals surface area contributed by atoms with Gasteiger partial charge in [-0.05, 0) is 27.5 Å². The SMILES string of the molecule is Clc1ncc(Br)c(NCCn2ccnc2)n1. The normalized spacial score (nSPS) is 10.4. The van der Waals surface area contributed by atoms with E-state index in [1.165, 1.54) is 0 Å². The van der Waals surface area contributed by atoms with Gasteiger partial charge in [-0.2, -0.15) is 4.98 Å². The van der Waals surface area contributed by atoms with Crippen LogP contribution in [0.4, 0.5) is 5.82 Å². The van der Waals surface area contributed by atoms with Crippen molar-refractivity contribution in [1.82, 2.24) is 19.5 Å². The zero-order valence-corrected chi connectivity index (χ0v) is 10.6. The first-order chi connectivity index (χ1) is 7.75. The Kier molecular flexibility index (Phi) is 3.74. The average molecular weight is 303 g/mol. The molecule has 0 saturated heterocycles. The van der Waals surface area contributed by atoms with Gasteiger partial charge in [0.2, 0.25) is 5.28 Å².